The molecule has 1 aliphatic heterocycles. The van der Waals surface area contributed by atoms with Gasteiger partial charge in [-0.05, 0) is 37.5 Å². The van der Waals surface area contributed by atoms with E-state index in [4.69, 9.17) is 0 Å². The predicted octanol–water partition coefficient (Wildman–Crippen LogP) is 2.22. The zero-order valence-electron chi connectivity index (χ0n) is 15.8. The van der Waals surface area contributed by atoms with Crippen LogP contribution in [0.15, 0.2) is 29.3 Å². The van der Waals surface area contributed by atoms with Crippen LogP contribution in [-0.2, 0) is 11.3 Å². The first-order valence-corrected chi connectivity index (χ1v) is 8.72. The Morgan fingerprint density at radius 3 is 2.48 bits per heavy atom. The van der Waals surface area contributed by atoms with E-state index in [1.807, 2.05) is 6.92 Å². The number of aliphatic imine (C=N–C) groups is 1. The molecule has 7 nitrogen and oxygen atoms in total. The lowest BCUT2D eigenvalue weighted by molar-refractivity contribution is -0.130. The number of urea groups is 1. The SMILES string of the molecule is CCC1(C)NC(=O)N(CCCNC(=NC)NCc2ccc(F)cc2)C1=O.I. The summed E-state index contributed by atoms with van der Waals surface area (Å²) < 4.78 is 12.9. The van der Waals surface area contributed by atoms with E-state index in [1.165, 1.54) is 17.0 Å². The van der Waals surface area contributed by atoms with Gasteiger partial charge in [0, 0.05) is 26.7 Å². The van der Waals surface area contributed by atoms with Crippen molar-refractivity contribution in [2.75, 3.05) is 20.1 Å². The molecule has 0 aliphatic carbocycles. The molecule has 9 heteroatoms. The van der Waals surface area contributed by atoms with Crippen LogP contribution in [0.2, 0.25) is 0 Å². The van der Waals surface area contributed by atoms with Gasteiger partial charge in [-0.25, -0.2) is 9.18 Å². The van der Waals surface area contributed by atoms with Crippen molar-refractivity contribution in [1.29, 1.82) is 0 Å². The number of carbonyl (C=O) groups excluding carboxylic acids is 2. The fraction of sp³-hybridized carbons (Fsp3) is 0.500. The predicted molar refractivity (Wildman–Crippen MR) is 114 cm³/mol. The van der Waals surface area contributed by atoms with Gasteiger partial charge < -0.3 is 16.0 Å². The Morgan fingerprint density at radius 1 is 1.26 bits per heavy atom. The maximum Gasteiger partial charge on any atom is 0.325 e. The minimum atomic E-state index is -0.794. The Kier molecular flexibility index (Phi) is 8.94. The molecule has 0 aromatic heterocycles. The number of nitrogens with one attached hydrogen (secondary N) is 3. The van der Waals surface area contributed by atoms with Gasteiger partial charge in [-0.2, -0.15) is 0 Å². The third kappa shape index (κ3) is 6.05. The van der Waals surface area contributed by atoms with E-state index in [-0.39, 0.29) is 41.7 Å². The van der Waals surface area contributed by atoms with E-state index < -0.39 is 5.54 Å². The maximum atomic E-state index is 12.9. The molecule has 27 heavy (non-hydrogen) atoms. The lowest BCUT2D eigenvalue weighted by Crippen LogP contribution is -2.43. The van der Waals surface area contributed by atoms with Crippen molar-refractivity contribution in [2.24, 2.45) is 4.99 Å². The van der Waals surface area contributed by atoms with Crippen molar-refractivity contribution in [2.45, 2.75) is 38.8 Å². The molecule has 0 radical (unpaired) electrons. The van der Waals surface area contributed by atoms with Crippen LogP contribution in [0.4, 0.5) is 9.18 Å². The molecule has 1 aromatic rings. The van der Waals surface area contributed by atoms with Crippen LogP contribution < -0.4 is 16.0 Å². The lowest BCUT2D eigenvalue weighted by atomic mass is 9.99. The number of amides is 3. The zero-order valence-corrected chi connectivity index (χ0v) is 18.2. The van der Waals surface area contributed by atoms with Gasteiger partial charge in [-0.1, -0.05) is 19.1 Å². The molecule has 3 N–H and O–H groups in total. The van der Waals surface area contributed by atoms with Crippen molar-refractivity contribution in [3.05, 3.63) is 35.6 Å². The number of carbonyl (C=O) groups is 2. The van der Waals surface area contributed by atoms with E-state index in [1.54, 1.807) is 26.1 Å². The van der Waals surface area contributed by atoms with Crippen molar-refractivity contribution in [3.63, 3.8) is 0 Å². The van der Waals surface area contributed by atoms with Crippen LogP contribution in [0.3, 0.4) is 0 Å². The summed E-state index contributed by atoms with van der Waals surface area (Å²) in [7, 11) is 1.66. The largest absolute Gasteiger partial charge is 0.356 e. The van der Waals surface area contributed by atoms with E-state index >= 15 is 0 Å². The normalized spacial score (nSPS) is 19.6. The van der Waals surface area contributed by atoms with Crippen LogP contribution in [0.25, 0.3) is 0 Å². The first-order valence-electron chi connectivity index (χ1n) is 8.72. The lowest BCUT2D eigenvalue weighted by Gasteiger charge is -2.19. The standard InChI is InChI=1S/C18H26FN5O2.HI/c1-4-18(2)15(25)24(17(26)23-18)11-5-10-21-16(20-3)22-12-13-6-8-14(19)9-7-13;/h6-9H,4-5,10-12H2,1-3H3,(H,23,26)(H2,20,21,22);1H. The topological polar surface area (TPSA) is 85.8 Å². The molecule has 2 rings (SSSR count). The summed E-state index contributed by atoms with van der Waals surface area (Å²) in [6.45, 7) is 5.04. The molecule has 1 aromatic carbocycles. The molecule has 1 atom stereocenters. The van der Waals surface area contributed by atoms with Crippen molar-refractivity contribution in [1.82, 2.24) is 20.9 Å². The van der Waals surface area contributed by atoms with Gasteiger partial charge in [-0.15, -0.1) is 24.0 Å². The summed E-state index contributed by atoms with van der Waals surface area (Å²) in [5.74, 6) is 0.157. The molecular weight excluding hydrogens is 464 g/mol. The van der Waals surface area contributed by atoms with Crippen molar-refractivity contribution in [3.8, 4) is 0 Å². The fourth-order valence-corrected chi connectivity index (χ4v) is 2.64. The van der Waals surface area contributed by atoms with Crippen LogP contribution >= 0.6 is 24.0 Å². The highest BCUT2D eigenvalue weighted by atomic mass is 127. The number of benzene rings is 1. The molecule has 0 spiro atoms. The van der Waals surface area contributed by atoms with Gasteiger partial charge in [0.1, 0.15) is 11.4 Å². The number of imide groups is 1. The van der Waals surface area contributed by atoms with E-state index in [9.17, 15) is 14.0 Å². The van der Waals surface area contributed by atoms with Gasteiger partial charge in [0.05, 0.1) is 0 Å². The van der Waals surface area contributed by atoms with Gasteiger partial charge in [0.2, 0.25) is 0 Å². The maximum absolute atomic E-state index is 12.9. The summed E-state index contributed by atoms with van der Waals surface area (Å²) in [6, 6.07) is 5.90. The minimum Gasteiger partial charge on any atom is -0.356 e. The number of nitrogens with zero attached hydrogens (tertiary/aromatic N) is 2. The van der Waals surface area contributed by atoms with Crippen molar-refractivity contribution >= 4 is 41.9 Å². The molecule has 1 saturated heterocycles. The van der Waals surface area contributed by atoms with E-state index in [0.717, 1.165) is 5.56 Å². The van der Waals surface area contributed by atoms with Gasteiger partial charge in [-0.3, -0.25) is 14.7 Å². The Bertz CT molecular complexity index is 683. The van der Waals surface area contributed by atoms with Crippen LogP contribution in [0, 0.1) is 5.82 Å². The first-order chi connectivity index (χ1) is 12.4. The number of hydrogen-bond donors (Lipinski definition) is 3. The second kappa shape index (κ2) is 10.4. The van der Waals surface area contributed by atoms with Crippen LogP contribution in [0.5, 0.6) is 0 Å². The molecule has 1 heterocycles. The highest BCUT2D eigenvalue weighted by molar-refractivity contribution is 14.0. The summed E-state index contributed by atoms with van der Waals surface area (Å²) in [5, 5.41) is 9.00. The summed E-state index contributed by atoms with van der Waals surface area (Å²) >= 11 is 0. The molecule has 0 saturated carbocycles. The fourth-order valence-electron chi connectivity index (χ4n) is 2.64. The quantitative estimate of drug-likeness (QED) is 0.180. The smallest absolute Gasteiger partial charge is 0.325 e. The Morgan fingerprint density at radius 2 is 1.93 bits per heavy atom. The molecule has 1 aliphatic rings. The number of hydrogen-bond acceptors (Lipinski definition) is 3. The second-order valence-corrected chi connectivity index (χ2v) is 6.41. The molecule has 150 valence electrons. The Labute approximate surface area is 176 Å². The summed E-state index contributed by atoms with van der Waals surface area (Å²) in [5.41, 5.74) is 0.143. The molecular formula is C18H27FIN5O2. The highest BCUT2D eigenvalue weighted by Crippen LogP contribution is 2.20. The highest BCUT2D eigenvalue weighted by Gasteiger charge is 2.45. The van der Waals surface area contributed by atoms with Crippen LogP contribution in [-0.4, -0.2) is 48.5 Å². The van der Waals surface area contributed by atoms with E-state index in [0.29, 0.717) is 38.4 Å². The van der Waals surface area contributed by atoms with Gasteiger partial charge >= 0.3 is 6.03 Å². The summed E-state index contributed by atoms with van der Waals surface area (Å²) in [4.78, 5) is 29.6. The third-order valence-corrected chi connectivity index (χ3v) is 4.50. The Hall–Kier alpha value is -1.91. The molecule has 0 bridgehead atoms. The second-order valence-electron chi connectivity index (χ2n) is 6.41. The Balaban J connectivity index is 0.00000364. The third-order valence-electron chi connectivity index (χ3n) is 4.50. The number of rotatable bonds is 7. The number of guanidine groups is 1. The molecule has 3 amide bonds. The van der Waals surface area contributed by atoms with E-state index in [2.05, 4.69) is 20.9 Å². The molecule has 1 fully saturated rings. The first kappa shape index (κ1) is 23.1. The van der Waals surface area contributed by atoms with Crippen LogP contribution in [0.1, 0.15) is 32.3 Å². The average molecular weight is 491 g/mol. The average Bonchev–Trinajstić information content (AvgIpc) is 2.85. The number of halogens is 2. The van der Waals surface area contributed by atoms with Crippen molar-refractivity contribution < 1.29 is 14.0 Å². The van der Waals surface area contributed by atoms with Gasteiger partial charge in [0.15, 0.2) is 5.96 Å². The van der Waals surface area contributed by atoms with Gasteiger partial charge in [0.25, 0.3) is 5.91 Å². The summed E-state index contributed by atoms with van der Waals surface area (Å²) in [6.07, 6.45) is 1.17. The monoisotopic (exact) mass is 491 g/mol. The minimum absolute atomic E-state index is 0. The zero-order chi connectivity index (χ0) is 19.2. The molecule has 1 unspecified atom stereocenters.